The number of fused-ring (bicyclic) bond motifs is 1. The van der Waals surface area contributed by atoms with Crippen molar-refractivity contribution in [3.8, 4) is 16.8 Å². The first kappa shape index (κ1) is 22.5. The quantitative estimate of drug-likeness (QED) is 0.454. The molecule has 0 saturated carbocycles. The molecule has 0 unspecified atom stereocenters. The second kappa shape index (κ2) is 9.33. The Bertz CT molecular complexity index is 1230. The molecule has 3 heterocycles. The molecule has 3 aromatic heterocycles. The average molecular weight is 446 g/mol. The van der Waals surface area contributed by atoms with Gasteiger partial charge in [-0.2, -0.15) is 18.3 Å². The zero-order valence-electron chi connectivity index (χ0n) is 16.6. The first-order valence-corrected chi connectivity index (χ1v) is 9.25. The van der Waals surface area contributed by atoms with Gasteiger partial charge in [-0.05, 0) is 48.9 Å². The molecule has 0 spiro atoms. The molecule has 32 heavy (non-hydrogen) atoms. The van der Waals surface area contributed by atoms with E-state index < -0.39 is 12.1 Å². The van der Waals surface area contributed by atoms with Crippen molar-refractivity contribution >= 4 is 23.0 Å². The van der Waals surface area contributed by atoms with Gasteiger partial charge in [-0.15, -0.1) is 0 Å². The highest BCUT2D eigenvalue weighted by atomic mass is 19.4. The zero-order chi connectivity index (χ0) is 23.3. The molecule has 0 radical (unpaired) electrons. The van der Waals surface area contributed by atoms with E-state index in [0.29, 0.717) is 12.2 Å². The van der Waals surface area contributed by atoms with Gasteiger partial charge >= 0.3 is 18.1 Å². The van der Waals surface area contributed by atoms with Crippen LogP contribution in [0.25, 0.3) is 27.8 Å². The average Bonchev–Trinajstić information content (AvgIpc) is 3.43. The molecule has 0 bridgehead atoms. The third-order valence-corrected chi connectivity index (χ3v) is 4.24. The van der Waals surface area contributed by atoms with Crippen molar-refractivity contribution in [2.45, 2.75) is 13.1 Å². The Hall–Kier alpha value is -4.15. The number of carboxylic acid groups (broad SMARTS) is 1. The second-order valence-corrected chi connectivity index (χ2v) is 6.34. The van der Waals surface area contributed by atoms with Gasteiger partial charge in [-0.1, -0.05) is 0 Å². The number of benzene rings is 1. The summed E-state index contributed by atoms with van der Waals surface area (Å²) in [5.74, 6) is -3.07. The van der Waals surface area contributed by atoms with Crippen molar-refractivity contribution in [3.63, 3.8) is 0 Å². The van der Waals surface area contributed by atoms with Crippen LogP contribution in [0.2, 0.25) is 0 Å². The van der Waals surface area contributed by atoms with Crippen LogP contribution < -0.4 is 0 Å². The molecular formula is C21H17F3N4O4. The lowest BCUT2D eigenvalue weighted by atomic mass is 10.1. The molecule has 8 nitrogen and oxygen atoms in total. The third kappa shape index (κ3) is 5.12. The van der Waals surface area contributed by atoms with Crippen molar-refractivity contribution in [1.82, 2.24) is 19.7 Å². The van der Waals surface area contributed by atoms with E-state index in [4.69, 9.17) is 14.6 Å². The summed E-state index contributed by atoms with van der Waals surface area (Å²) in [5.41, 5.74) is 4.32. The number of aromatic amines is 1. The fourth-order valence-electron chi connectivity index (χ4n) is 2.78. The summed E-state index contributed by atoms with van der Waals surface area (Å²) in [4.78, 5) is 28.0. The van der Waals surface area contributed by atoms with Crippen LogP contribution in [0, 0.1) is 0 Å². The fraction of sp³-hybridized carbons (Fsp3) is 0.143. The summed E-state index contributed by atoms with van der Waals surface area (Å²) in [6, 6.07) is 11.2. The summed E-state index contributed by atoms with van der Waals surface area (Å²) in [5, 5.41) is 12.6. The van der Waals surface area contributed by atoms with E-state index in [1.165, 1.54) is 0 Å². The highest BCUT2D eigenvalue weighted by molar-refractivity contribution is 5.92. The molecular weight excluding hydrogens is 429 g/mol. The maximum atomic E-state index is 11.7. The number of alkyl halides is 3. The minimum Gasteiger partial charge on any atom is -0.475 e. The van der Waals surface area contributed by atoms with E-state index in [-0.39, 0.29) is 5.97 Å². The number of aliphatic carboxylic acids is 1. The number of carboxylic acids is 1. The van der Waals surface area contributed by atoms with Gasteiger partial charge in [0.25, 0.3) is 0 Å². The maximum absolute atomic E-state index is 11.7. The zero-order valence-corrected chi connectivity index (χ0v) is 16.6. The van der Waals surface area contributed by atoms with E-state index in [9.17, 15) is 18.0 Å². The van der Waals surface area contributed by atoms with Crippen LogP contribution in [-0.4, -0.2) is 49.6 Å². The fourth-order valence-corrected chi connectivity index (χ4v) is 2.78. The minimum atomic E-state index is -5.08. The summed E-state index contributed by atoms with van der Waals surface area (Å²) in [6.45, 7) is 2.15. The molecule has 0 fully saturated rings. The number of hydrogen-bond acceptors (Lipinski definition) is 5. The Morgan fingerprint density at radius 2 is 1.84 bits per heavy atom. The Morgan fingerprint density at radius 3 is 2.47 bits per heavy atom. The van der Waals surface area contributed by atoms with E-state index in [0.717, 1.165) is 27.8 Å². The number of rotatable bonds is 4. The van der Waals surface area contributed by atoms with Crippen LogP contribution in [-0.2, 0) is 9.53 Å². The van der Waals surface area contributed by atoms with E-state index >= 15 is 0 Å². The normalized spacial score (nSPS) is 11.0. The minimum absolute atomic E-state index is 0.318. The Labute approximate surface area is 179 Å². The summed E-state index contributed by atoms with van der Waals surface area (Å²) >= 11 is 0. The Kier molecular flexibility index (Phi) is 6.57. The summed E-state index contributed by atoms with van der Waals surface area (Å²) < 4.78 is 38.5. The number of aromatic nitrogens is 4. The largest absolute Gasteiger partial charge is 0.490 e. The van der Waals surface area contributed by atoms with Crippen LogP contribution in [0.3, 0.4) is 0 Å². The van der Waals surface area contributed by atoms with Gasteiger partial charge in [-0.25, -0.2) is 19.3 Å². The number of nitrogens with zero attached hydrogens (tertiary/aromatic N) is 3. The van der Waals surface area contributed by atoms with E-state index in [1.807, 2.05) is 42.9 Å². The highest BCUT2D eigenvalue weighted by Crippen LogP contribution is 2.27. The van der Waals surface area contributed by atoms with E-state index in [1.54, 1.807) is 29.9 Å². The van der Waals surface area contributed by atoms with Gasteiger partial charge < -0.3 is 14.8 Å². The lowest BCUT2D eigenvalue weighted by molar-refractivity contribution is -0.192. The van der Waals surface area contributed by atoms with Gasteiger partial charge in [-0.3, -0.25) is 0 Å². The van der Waals surface area contributed by atoms with Crippen LogP contribution >= 0.6 is 0 Å². The van der Waals surface area contributed by atoms with Crippen LogP contribution in [0.4, 0.5) is 13.2 Å². The number of esters is 1. The number of halogens is 3. The molecule has 0 atom stereocenters. The van der Waals surface area contributed by atoms with Crippen LogP contribution in [0.15, 0.2) is 61.2 Å². The van der Waals surface area contributed by atoms with Gasteiger partial charge in [0.1, 0.15) is 5.65 Å². The molecule has 11 heteroatoms. The first-order valence-electron chi connectivity index (χ1n) is 9.25. The van der Waals surface area contributed by atoms with Gasteiger partial charge in [0.2, 0.25) is 0 Å². The molecule has 2 N–H and O–H groups in total. The van der Waals surface area contributed by atoms with Crippen molar-refractivity contribution < 1.29 is 32.6 Å². The second-order valence-electron chi connectivity index (χ2n) is 6.34. The molecule has 0 aliphatic heterocycles. The number of H-pyrrole nitrogens is 1. The first-order chi connectivity index (χ1) is 15.2. The lowest BCUT2D eigenvalue weighted by Crippen LogP contribution is -2.21. The van der Waals surface area contributed by atoms with Gasteiger partial charge in [0, 0.05) is 29.5 Å². The number of ether oxygens (including phenoxy) is 1. The van der Waals surface area contributed by atoms with Crippen molar-refractivity contribution in [2.24, 2.45) is 0 Å². The van der Waals surface area contributed by atoms with Crippen LogP contribution in [0.5, 0.6) is 0 Å². The van der Waals surface area contributed by atoms with Crippen molar-refractivity contribution in [3.05, 3.63) is 66.7 Å². The highest BCUT2D eigenvalue weighted by Gasteiger charge is 2.38. The lowest BCUT2D eigenvalue weighted by Gasteiger charge is -2.04. The van der Waals surface area contributed by atoms with Crippen LogP contribution in [0.1, 0.15) is 17.3 Å². The monoisotopic (exact) mass is 446 g/mol. The predicted molar refractivity (Wildman–Crippen MR) is 108 cm³/mol. The molecule has 0 aliphatic carbocycles. The Balaban J connectivity index is 0.000000360. The maximum Gasteiger partial charge on any atom is 0.490 e. The van der Waals surface area contributed by atoms with Crippen molar-refractivity contribution in [2.75, 3.05) is 6.61 Å². The molecule has 0 saturated heterocycles. The number of nitrogens with one attached hydrogen (secondary N) is 1. The molecule has 4 aromatic rings. The topological polar surface area (TPSA) is 110 Å². The molecule has 0 amide bonds. The number of pyridine rings is 1. The number of hydrogen-bond donors (Lipinski definition) is 2. The molecule has 0 aliphatic rings. The number of carbonyl (C=O) groups excluding carboxylic acids is 1. The Morgan fingerprint density at radius 1 is 1.16 bits per heavy atom. The van der Waals surface area contributed by atoms with Gasteiger partial charge in [0.05, 0.1) is 24.1 Å². The summed E-state index contributed by atoms with van der Waals surface area (Å²) in [6.07, 6.45) is 2.35. The summed E-state index contributed by atoms with van der Waals surface area (Å²) in [7, 11) is 0. The number of carbonyl (C=O) groups is 2. The van der Waals surface area contributed by atoms with Gasteiger partial charge in [0.15, 0.2) is 0 Å². The smallest absolute Gasteiger partial charge is 0.475 e. The molecule has 1 aromatic carbocycles. The predicted octanol–water partition coefficient (Wildman–Crippen LogP) is 4.23. The standard InChI is InChI=1S/C19H16N4O2.C2HF3O2/c1-2-25-19(24)13-3-5-15(6-4-13)23-12-14(11-22-23)16-7-9-20-18-17(16)8-10-21-18;3-2(4,5)1(6)7/h3-12H,2H2,1H3,(H,20,21);(H,6,7). The molecule has 166 valence electrons. The molecule has 4 rings (SSSR count). The van der Waals surface area contributed by atoms with Crippen molar-refractivity contribution in [1.29, 1.82) is 0 Å². The van der Waals surface area contributed by atoms with E-state index in [2.05, 4.69) is 15.1 Å². The third-order valence-electron chi connectivity index (χ3n) is 4.24. The SMILES string of the molecule is CCOC(=O)c1ccc(-n2cc(-c3ccnc4[nH]ccc34)cn2)cc1.O=C(O)C(F)(F)F.